The standard InChI is InChI=1S/C10H7ClF4O2/c1-2-17-9(16)6-3-5(12)4-7(11)8(6)10(13,14)15/h3-4H,2H2,1H3. The van der Waals surface area contributed by atoms with Gasteiger partial charge >= 0.3 is 12.1 Å². The third-order valence-electron chi connectivity index (χ3n) is 1.83. The molecule has 0 amide bonds. The molecule has 7 heteroatoms. The molecule has 0 aliphatic heterocycles. The highest BCUT2D eigenvalue weighted by Gasteiger charge is 2.38. The van der Waals surface area contributed by atoms with Gasteiger partial charge in [-0.15, -0.1) is 0 Å². The number of rotatable bonds is 2. The number of halogens is 5. The molecule has 0 atom stereocenters. The highest BCUT2D eigenvalue weighted by atomic mass is 35.5. The van der Waals surface area contributed by atoms with Crippen molar-refractivity contribution in [3.05, 3.63) is 34.1 Å². The molecule has 0 radical (unpaired) electrons. The summed E-state index contributed by atoms with van der Waals surface area (Å²) in [6.07, 6.45) is -4.85. The highest BCUT2D eigenvalue weighted by molar-refractivity contribution is 6.32. The zero-order chi connectivity index (χ0) is 13.2. The molecular weight excluding hydrogens is 264 g/mol. The Hall–Kier alpha value is -1.30. The number of carbonyl (C=O) groups is 1. The molecule has 0 aromatic heterocycles. The van der Waals surface area contributed by atoms with Gasteiger partial charge in [0.1, 0.15) is 5.82 Å². The van der Waals surface area contributed by atoms with Gasteiger partial charge in [-0.25, -0.2) is 9.18 Å². The Balaban J connectivity index is 3.41. The quantitative estimate of drug-likeness (QED) is 0.605. The van der Waals surface area contributed by atoms with Gasteiger partial charge in [0.2, 0.25) is 0 Å². The number of hydrogen-bond donors (Lipinski definition) is 0. The Morgan fingerprint density at radius 1 is 1.41 bits per heavy atom. The molecule has 0 saturated heterocycles. The van der Waals surface area contributed by atoms with Crippen molar-refractivity contribution in [3.8, 4) is 0 Å². The van der Waals surface area contributed by atoms with Crippen molar-refractivity contribution < 1.29 is 27.1 Å². The molecule has 17 heavy (non-hydrogen) atoms. The lowest BCUT2D eigenvalue weighted by Gasteiger charge is -2.13. The van der Waals surface area contributed by atoms with Gasteiger partial charge in [-0.05, 0) is 19.1 Å². The van der Waals surface area contributed by atoms with E-state index in [0.717, 1.165) is 0 Å². The molecule has 0 bridgehead atoms. The Kier molecular flexibility index (Phi) is 3.98. The fourth-order valence-corrected chi connectivity index (χ4v) is 1.54. The van der Waals surface area contributed by atoms with Crippen LogP contribution in [-0.2, 0) is 10.9 Å². The van der Waals surface area contributed by atoms with Crippen molar-refractivity contribution in [3.63, 3.8) is 0 Å². The van der Waals surface area contributed by atoms with Gasteiger partial charge in [0.25, 0.3) is 0 Å². The summed E-state index contributed by atoms with van der Waals surface area (Å²) >= 11 is 5.30. The molecule has 0 aliphatic rings. The second-order valence-corrected chi connectivity index (χ2v) is 3.44. The predicted octanol–water partition coefficient (Wildman–Crippen LogP) is 3.67. The maximum Gasteiger partial charge on any atom is 0.418 e. The fraction of sp³-hybridized carbons (Fsp3) is 0.300. The maximum absolute atomic E-state index is 12.9. The molecule has 0 saturated carbocycles. The molecule has 94 valence electrons. The summed E-state index contributed by atoms with van der Waals surface area (Å²) in [4.78, 5) is 11.3. The topological polar surface area (TPSA) is 26.3 Å². The molecular formula is C10H7ClF4O2. The van der Waals surface area contributed by atoms with Crippen LogP contribution in [0.4, 0.5) is 17.6 Å². The number of esters is 1. The first-order valence-corrected chi connectivity index (χ1v) is 4.88. The second-order valence-electron chi connectivity index (χ2n) is 3.03. The van der Waals surface area contributed by atoms with Crippen LogP contribution in [0.5, 0.6) is 0 Å². The Morgan fingerprint density at radius 3 is 2.47 bits per heavy atom. The largest absolute Gasteiger partial charge is 0.462 e. The molecule has 0 fully saturated rings. The molecule has 0 N–H and O–H groups in total. The molecule has 0 heterocycles. The van der Waals surface area contributed by atoms with Crippen molar-refractivity contribution >= 4 is 17.6 Å². The van der Waals surface area contributed by atoms with Gasteiger partial charge in [-0.1, -0.05) is 11.6 Å². The second kappa shape index (κ2) is 4.91. The summed E-state index contributed by atoms with van der Waals surface area (Å²) in [6.45, 7) is 1.30. The van der Waals surface area contributed by atoms with Crippen LogP contribution in [0.3, 0.4) is 0 Å². The third-order valence-corrected chi connectivity index (χ3v) is 2.13. The molecule has 1 aromatic rings. The van der Waals surface area contributed by atoms with Gasteiger partial charge < -0.3 is 4.74 Å². The highest BCUT2D eigenvalue weighted by Crippen LogP contribution is 2.38. The van der Waals surface area contributed by atoms with Crippen LogP contribution in [0, 0.1) is 5.82 Å². The summed E-state index contributed by atoms with van der Waals surface area (Å²) in [5, 5.41) is -0.874. The van der Waals surface area contributed by atoms with Gasteiger partial charge in [0.05, 0.1) is 22.8 Å². The smallest absolute Gasteiger partial charge is 0.418 e. The molecule has 1 aromatic carbocycles. The number of alkyl halides is 3. The third kappa shape index (κ3) is 3.09. The van der Waals surface area contributed by atoms with Crippen molar-refractivity contribution in [1.29, 1.82) is 0 Å². The van der Waals surface area contributed by atoms with Crippen LogP contribution >= 0.6 is 11.6 Å². The summed E-state index contributed by atoms with van der Waals surface area (Å²) < 4.78 is 55.2. The van der Waals surface area contributed by atoms with E-state index in [4.69, 9.17) is 11.6 Å². The monoisotopic (exact) mass is 270 g/mol. The molecule has 2 nitrogen and oxygen atoms in total. The first-order chi connectivity index (χ1) is 7.77. The van der Waals surface area contributed by atoms with E-state index in [9.17, 15) is 22.4 Å². The van der Waals surface area contributed by atoms with Gasteiger partial charge in [0, 0.05) is 0 Å². The number of benzene rings is 1. The van der Waals surface area contributed by atoms with Crippen LogP contribution in [0.1, 0.15) is 22.8 Å². The lowest BCUT2D eigenvalue weighted by atomic mass is 10.1. The van der Waals surface area contributed by atoms with E-state index in [-0.39, 0.29) is 6.61 Å². The lowest BCUT2D eigenvalue weighted by molar-refractivity contribution is -0.138. The van der Waals surface area contributed by atoms with Crippen LogP contribution in [0.15, 0.2) is 12.1 Å². The summed E-state index contributed by atoms with van der Waals surface area (Å²) in [6, 6.07) is 0.944. The van der Waals surface area contributed by atoms with Crippen LogP contribution in [0.2, 0.25) is 5.02 Å². The number of ether oxygens (including phenoxy) is 1. The maximum atomic E-state index is 12.9. The average Bonchev–Trinajstić information content (AvgIpc) is 2.14. The number of carbonyl (C=O) groups excluding carboxylic acids is 1. The Morgan fingerprint density at radius 2 is 2.00 bits per heavy atom. The Labute approximate surface area is 99.1 Å². The van der Waals surface area contributed by atoms with Crippen LogP contribution < -0.4 is 0 Å². The molecule has 1 rings (SSSR count). The zero-order valence-corrected chi connectivity index (χ0v) is 9.32. The minimum absolute atomic E-state index is 0.121. The first kappa shape index (κ1) is 13.8. The summed E-state index contributed by atoms with van der Waals surface area (Å²) in [5.41, 5.74) is -2.32. The molecule has 0 aliphatic carbocycles. The van der Waals surface area contributed by atoms with E-state index in [0.29, 0.717) is 12.1 Å². The first-order valence-electron chi connectivity index (χ1n) is 4.50. The van der Waals surface area contributed by atoms with E-state index in [1.54, 1.807) is 0 Å². The van der Waals surface area contributed by atoms with E-state index in [2.05, 4.69) is 4.74 Å². The molecule has 0 spiro atoms. The van der Waals surface area contributed by atoms with Crippen molar-refractivity contribution in [2.24, 2.45) is 0 Å². The summed E-state index contributed by atoms with van der Waals surface area (Å²) in [7, 11) is 0. The normalized spacial score (nSPS) is 11.4. The van der Waals surface area contributed by atoms with Gasteiger partial charge in [-0.3, -0.25) is 0 Å². The SMILES string of the molecule is CCOC(=O)c1cc(F)cc(Cl)c1C(F)(F)F. The van der Waals surface area contributed by atoms with Crippen LogP contribution in [-0.4, -0.2) is 12.6 Å². The van der Waals surface area contributed by atoms with E-state index in [1.807, 2.05) is 0 Å². The van der Waals surface area contributed by atoms with Gasteiger partial charge in [0.15, 0.2) is 0 Å². The van der Waals surface area contributed by atoms with Crippen molar-refractivity contribution in [2.75, 3.05) is 6.61 Å². The van der Waals surface area contributed by atoms with Crippen molar-refractivity contribution in [2.45, 2.75) is 13.1 Å². The average molecular weight is 271 g/mol. The fourth-order valence-electron chi connectivity index (χ4n) is 1.23. The minimum Gasteiger partial charge on any atom is -0.462 e. The van der Waals surface area contributed by atoms with Crippen LogP contribution in [0.25, 0.3) is 0 Å². The lowest BCUT2D eigenvalue weighted by Crippen LogP contribution is -2.16. The van der Waals surface area contributed by atoms with E-state index < -0.39 is 34.1 Å². The zero-order valence-electron chi connectivity index (χ0n) is 8.57. The predicted molar refractivity (Wildman–Crippen MR) is 52.4 cm³/mol. The van der Waals surface area contributed by atoms with E-state index >= 15 is 0 Å². The Bertz CT molecular complexity index is 443. The van der Waals surface area contributed by atoms with Crippen molar-refractivity contribution in [1.82, 2.24) is 0 Å². The molecule has 0 unspecified atom stereocenters. The van der Waals surface area contributed by atoms with E-state index in [1.165, 1.54) is 6.92 Å². The summed E-state index contributed by atoms with van der Waals surface area (Å²) in [5.74, 6) is -2.30. The number of hydrogen-bond acceptors (Lipinski definition) is 2. The minimum atomic E-state index is -4.85. The van der Waals surface area contributed by atoms with Gasteiger partial charge in [-0.2, -0.15) is 13.2 Å².